The van der Waals surface area contributed by atoms with Crippen LogP contribution in [-0.4, -0.2) is 45.6 Å². The fourth-order valence-electron chi connectivity index (χ4n) is 5.36. The Hall–Kier alpha value is -3.55. The average Bonchev–Trinajstić information content (AvgIpc) is 3.30. The lowest BCUT2D eigenvalue weighted by atomic mass is 10.0. The molecule has 1 aliphatic heterocycles. The quantitative estimate of drug-likeness (QED) is 0.589. The molecule has 2 aromatic carbocycles. The van der Waals surface area contributed by atoms with Crippen molar-refractivity contribution in [3.05, 3.63) is 83.4 Å². The van der Waals surface area contributed by atoms with Crippen molar-refractivity contribution in [2.75, 3.05) is 0 Å². The third-order valence-electron chi connectivity index (χ3n) is 7.11. The number of carbonyl (C=O) groups is 3. The Bertz CT molecular complexity index is 1130. The van der Waals surface area contributed by atoms with E-state index in [1.165, 1.54) is 11.8 Å². The van der Waals surface area contributed by atoms with Crippen LogP contribution >= 0.6 is 0 Å². The predicted molar refractivity (Wildman–Crippen MR) is 131 cm³/mol. The van der Waals surface area contributed by atoms with Crippen molar-refractivity contribution in [2.24, 2.45) is 5.73 Å². The van der Waals surface area contributed by atoms with Crippen LogP contribution in [0.2, 0.25) is 0 Å². The Kier molecular flexibility index (Phi) is 7.82. The van der Waals surface area contributed by atoms with Crippen LogP contribution in [0.5, 0.6) is 0 Å². The number of nitrogens with two attached hydrogens (primary N) is 1. The second kappa shape index (κ2) is 11.0. The summed E-state index contributed by atoms with van der Waals surface area (Å²) in [6.07, 6.45) is 7.41. The van der Waals surface area contributed by atoms with E-state index in [1.807, 2.05) is 47.4 Å². The number of amides is 3. The van der Waals surface area contributed by atoms with Crippen LogP contribution in [-0.2, 0) is 20.8 Å². The highest BCUT2D eigenvalue weighted by atomic mass is 19.1. The van der Waals surface area contributed by atoms with Crippen molar-refractivity contribution in [3.8, 4) is 0 Å². The lowest BCUT2D eigenvalue weighted by Gasteiger charge is -2.40. The van der Waals surface area contributed by atoms with Crippen molar-refractivity contribution in [2.45, 2.75) is 69.6 Å². The summed E-state index contributed by atoms with van der Waals surface area (Å²) in [5.41, 5.74) is 6.67. The van der Waals surface area contributed by atoms with Crippen LogP contribution in [0.3, 0.4) is 0 Å². The Morgan fingerprint density at radius 3 is 2.33 bits per heavy atom. The van der Waals surface area contributed by atoms with E-state index in [-0.39, 0.29) is 36.4 Å². The number of rotatable bonds is 7. The second-order valence-corrected chi connectivity index (χ2v) is 9.55. The summed E-state index contributed by atoms with van der Waals surface area (Å²) in [4.78, 5) is 43.0. The van der Waals surface area contributed by atoms with Crippen LogP contribution in [0.15, 0.2) is 60.7 Å². The standard InChI is InChI=1S/C28H31F2N3O3/c1-18(27(31)35)32(26(34)16-19-14-21(29)17-22(30)15-19)25-13-7-12-24(20-8-3-2-4-9-20)33(28(25)36)23-10-5-6-11-23/h2-4,7-9,12,14-15,17-18,23-25H,5-6,10-11,13,16H2,1H3,(H2,31,35)/t18-,24+,25+/m0/s1. The molecule has 0 saturated heterocycles. The molecule has 0 unspecified atom stereocenters. The third kappa shape index (κ3) is 5.48. The maximum absolute atomic E-state index is 14.2. The van der Waals surface area contributed by atoms with Gasteiger partial charge in [0.15, 0.2) is 0 Å². The van der Waals surface area contributed by atoms with Gasteiger partial charge < -0.3 is 15.5 Å². The zero-order valence-electron chi connectivity index (χ0n) is 20.3. The van der Waals surface area contributed by atoms with Gasteiger partial charge in [0.1, 0.15) is 23.7 Å². The smallest absolute Gasteiger partial charge is 0.246 e. The molecular weight excluding hydrogens is 464 g/mol. The molecule has 6 nitrogen and oxygen atoms in total. The summed E-state index contributed by atoms with van der Waals surface area (Å²) in [7, 11) is 0. The van der Waals surface area contributed by atoms with Crippen LogP contribution in [0, 0.1) is 11.6 Å². The molecule has 36 heavy (non-hydrogen) atoms. The van der Waals surface area contributed by atoms with Crippen LogP contribution in [0.25, 0.3) is 0 Å². The molecule has 2 aliphatic rings. The Labute approximate surface area is 209 Å². The summed E-state index contributed by atoms with van der Waals surface area (Å²) < 4.78 is 27.5. The van der Waals surface area contributed by atoms with Gasteiger partial charge in [0, 0.05) is 12.1 Å². The molecule has 0 spiro atoms. The predicted octanol–water partition coefficient (Wildman–Crippen LogP) is 4.05. The van der Waals surface area contributed by atoms with Gasteiger partial charge in [-0.25, -0.2) is 8.78 Å². The van der Waals surface area contributed by atoms with Gasteiger partial charge in [-0.3, -0.25) is 14.4 Å². The van der Waals surface area contributed by atoms with Gasteiger partial charge in [0.2, 0.25) is 17.7 Å². The van der Waals surface area contributed by atoms with Crippen LogP contribution in [0.4, 0.5) is 8.78 Å². The first-order valence-electron chi connectivity index (χ1n) is 12.4. The van der Waals surface area contributed by atoms with Gasteiger partial charge in [-0.05, 0) is 49.4 Å². The third-order valence-corrected chi connectivity index (χ3v) is 7.11. The summed E-state index contributed by atoms with van der Waals surface area (Å²) in [6.45, 7) is 1.48. The first kappa shape index (κ1) is 25.5. The molecule has 8 heteroatoms. The first-order chi connectivity index (χ1) is 17.3. The van der Waals surface area contributed by atoms with E-state index in [4.69, 9.17) is 5.73 Å². The van der Waals surface area contributed by atoms with Gasteiger partial charge in [-0.2, -0.15) is 0 Å². The van der Waals surface area contributed by atoms with E-state index in [1.54, 1.807) is 0 Å². The number of nitrogens with zero attached hydrogens (tertiary/aromatic N) is 2. The summed E-state index contributed by atoms with van der Waals surface area (Å²) in [5, 5.41) is 0. The number of hydrogen-bond donors (Lipinski definition) is 1. The van der Waals surface area contributed by atoms with Crippen molar-refractivity contribution < 1.29 is 23.2 Å². The largest absolute Gasteiger partial charge is 0.368 e. The summed E-state index contributed by atoms with van der Waals surface area (Å²) in [6, 6.07) is 10.2. The van der Waals surface area contributed by atoms with E-state index in [0.717, 1.165) is 49.4 Å². The first-order valence-corrected chi connectivity index (χ1v) is 12.4. The zero-order valence-corrected chi connectivity index (χ0v) is 20.3. The minimum Gasteiger partial charge on any atom is -0.368 e. The second-order valence-electron chi connectivity index (χ2n) is 9.55. The molecule has 3 amide bonds. The van der Waals surface area contributed by atoms with Gasteiger partial charge in [-0.15, -0.1) is 0 Å². The Morgan fingerprint density at radius 2 is 1.72 bits per heavy atom. The highest BCUT2D eigenvalue weighted by Gasteiger charge is 2.42. The lowest BCUT2D eigenvalue weighted by molar-refractivity contribution is -0.152. The molecule has 2 aromatic rings. The fourth-order valence-corrected chi connectivity index (χ4v) is 5.36. The van der Waals surface area contributed by atoms with Crippen molar-refractivity contribution in [1.82, 2.24) is 9.80 Å². The number of primary amides is 1. The van der Waals surface area contributed by atoms with Crippen molar-refractivity contribution >= 4 is 17.7 Å². The Balaban J connectivity index is 1.70. The molecule has 0 radical (unpaired) electrons. The summed E-state index contributed by atoms with van der Waals surface area (Å²) >= 11 is 0. The molecule has 0 bridgehead atoms. The molecule has 0 aromatic heterocycles. The van der Waals surface area contributed by atoms with E-state index >= 15 is 0 Å². The Morgan fingerprint density at radius 1 is 1.08 bits per heavy atom. The normalized spacial score (nSPS) is 21.3. The monoisotopic (exact) mass is 495 g/mol. The van der Waals surface area contributed by atoms with Crippen LogP contribution in [0.1, 0.15) is 56.2 Å². The van der Waals surface area contributed by atoms with E-state index in [2.05, 4.69) is 0 Å². The molecule has 3 atom stereocenters. The van der Waals surface area contributed by atoms with Gasteiger partial charge >= 0.3 is 0 Å². The average molecular weight is 496 g/mol. The molecule has 1 fully saturated rings. The van der Waals surface area contributed by atoms with Crippen molar-refractivity contribution in [1.29, 1.82) is 0 Å². The van der Waals surface area contributed by atoms with Gasteiger partial charge in [-0.1, -0.05) is 55.3 Å². The topological polar surface area (TPSA) is 83.7 Å². The summed E-state index contributed by atoms with van der Waals surface area (Å²) in [5.74, 6) is -3.23. The fraction of sp³-hybridized carbons (Fsp3) is 0.393. The van der Waals surface area contributed by atoms with Crippen molar-refractivity contribution in [3.63, 3.8) is 0 Å². The highest BCUT2D eigenvalue weighted by Crippen LogP contribution is 2.36. The van der Waals surface area contributed by atoms with Gasteiger partial charge in [0.25, 0.3) is 0 Å². The molecule has 2 N–H and O–H groups in total. The number of hydrogen-bond acceptors (Lipinski definition) is 3. The maximum Gasteiger partial charge on any atom is 0.246 e. The van der Waals surface area contributed by atoms with E-state index < -0.39 is 35.5 Å². The molecule has 4 rings (SSSR count). The molecular formula is C28H31F2N3O3. The number of carbonyl (C=O) groups excluding carboxylic acids is 3. The molecule has 1 heterocycles. The number of benzene rings is 2. The maximum atomic E-state index is 14.2. The molecule has 1 saturated carbocycles. The molecule has 190 valence electrons. The van der Waals surface area contributed by atoms with Crippen LogP contribution < -0.4 is 5.73 Å². The lowest BCUT2D eigenvalue weighted by Crippen LogP contribution is -2.58. The minimum absolute atomic E-state index is 0.00566. The number of halogens is 2. The van der Waals surface area contributed by atoms with Gasteiger partial charge in [0.05, 0.1) is 12.5 Å². The molecule has 1 aliphatic carbocycles. The SMILES string of the molecule is C[C@@H](C(N)=O)N(C(=O)Cc1cc(F)cc(F)c1)[C@@H]1CC=C[C@H](c2ccccc2)N(C2CCCC2)C1=O. The minimum atomic E-state index is -1.09. The highest BCUT2D eigenvalue weighted by molar-refractivity contribution is 5.93. The van der Waals surface area contributed by atoms with E-state index in [0.29, 0.717) is 0 Å². The zero-order chi connectivity index (χ0) is 25.8. The van der Waals surface area contributed by atoms with E-state index in [9.17, 15) is 23.2 Å².